The van der Waals surface area contributed by atoms with Crippen molar-refractivity contribution in [3.05, 3.63) is 34.7 Å². The normalized spacial score (nSPS) is 21.3. The second-order valence-electron chi connectivity index (χ2n) is 5.70. The van der Waals surface area contributed by atoms with Crippen LogP contribution >= 0.6 is 0 Å². The summed E-state index contributed by atoms with van der Waals surface area (Å²) in [5.41, 5.74) is 1.99. The van der Waals surface area contributed by atoms with E-state index in [1.165, 1.54) is 0 Å². The highest BCUT2D eigenvalue weighted by atomic mass is 16.1. The number of aromatic amines is 1. The maximum absolute atomic E-state index is 12.2. The average molecular weight is 259 g/mol. The molecule has 0 amide bonds. The lowest BCUT2D eigenvalue weighted by molar-refractivity contribution is 0.143. The number of likely N-dealkylation sites (tertiary alicyclic amines) is 1. The van der Waals surface area contributed by atoms with Crippen LogP contribution in [0.25, 0.3) is 11.0 Å². The molecule has 1 saturated heterocycles. The average Bonchev–Trinajstić information content (AvgIpc) is 2.74. The molecule has 0 bridgehead atoms. The van der Waals surface area contributed by atoms with Crippen LogP contribution in [0, 0.1) is 0 Å². The van der Waals surface area contributed by atoms with Crippen molar-refractivity contribution >= 4 is 11.0 Å². The monoisotopic (exact) mass is 259 g/mol. The van der Waals surface area contributed by atoms with Gasteiger partial charge < -0.3 is 4.98 Å². The van der Waals surface area contributed by atoms with E-state index >= 15 is 0 Å². The quantitative estimate of drug-likeness (QED) is 0.899. The van der Waals surface area contributed by atoms with E-state index in [9.17, 15) is 4.79 Å². The minimum Gasteiger partial charge on any atom is -0.306 e. The molecule has 0 radical (unpaired) electrons. The van der Waals surface area contributed by atoms with E-state index in [0.29, 0.717) is 12.1 Å². The van der Waals surface area contributed by atoms with Gasteiger partial charge in [0.2, 0.25) is 0 Å². The lowest BCUT2D eigenvalue weighted by atomic mass is 10.0. The predicted octanol–water partition coefficient (Wildman–Crippen LogP) is 2.37. The number of H-pyrrole nitrogens is 1. The molecule has 1 aromatic carbocycles. The molecule has 2 aromatic rings. The molecule has 0 saturated carbocycles. The van der Waals surface area contributed by atoms with Gasteiger partial charge in [0, 0.05) is 12.6 Å². The lowest BCUT2D eigenvalue weighted by Crippen LogP contribution is -2.42. The van der Waals surface area contributed by atoms with Crippen LogP contribution in [0.5, 0.6) is 0 Å². The molecular formula is C15H21N3O. The Labute approximate surface area is 113 Å². The van der Waals surface area contributed by atoms with Crippen molar-refractivity contribution in [2.24, 2.45) is 0 Å². The molecule has 19 heavy (non-hydrogen) atoms. The number of hydrogen-bond acceptors (Lipinski definition) is 2. The first kappa shape index (κ1) is 12.5. The van der Waals surface area contributed by atoms with Crippen LogP contribution in [-0.2, 0) is 0 Å². The van der Waals surface area contributed by atoms with E-state index < -0.39 is 0 Å². The summed E-state index contributed by atoms with van der Waals surface area (Å²) in [4.78, 5) is 17.6. The van der Waals surface area contributed by atoms with Crippen molar-refractivity contribution in [1.82, 2.24) is 14.5 Å². The second-order valence-corrected chi connectivity index (χ2v) is 5.70. The van der Waals surface area contributed by atoms with Gasteiger partial charge in [-0.2, -0.15) is 0 Å². The van der Waals surface area contributed by atoms with Gasteiger partial charge in [0.1, 0.15) is 0 Å². The largest absolute Gasteiger partial charge is 0.326 e. The summed E-state index contributed by atoms with van der Waals surface area (Å²) in [5.74, 6) is 0. The third kappa shape index (κ3) is 2.21. The van der Waals surface area contributed by atoms with E-state index in [1.807, 2.05) is 28.8 Å². The fourth-order valence-electron chi connectivity index (χ4n) is 3.10. The Balaban J connectivity index is 2.00. The van der Waals surface area contributed by atoms with Crippen molar-refractivity contribution < 1.29 is 0 Å². The van der Waals surface area contributed by atoms with Gasteiger partial charge in [-0.1, -0.05) is 12.1 Å². The van der Waals surface area contributed by atoms with Crippen LogP contribution in [0.3, 0.4) is 0 Å². The molecule has 1 fully saturated rings. The van der Waals surface area contributed by atoms with Gasteiger partial charge in [-0.15, -0.1) is 0 Å². The molecule has 0 aliphatic carbocycles. The van der Waals surface area contributed by atoms with E-state index in [1.54, 1.807) is 0 Å². The second kappa shape index (κ2) is 4.85. The third-order valence-corrected chi connectivity index (χ3v) is 4.15. The van der Waals surface area contributed by atoms with Crippen LogP contribution in [0.15, 0.2) is 29.1 Å². The van der Waals surface area contributed by atoms with E-state index in [-0.39, 0.29) is 5.69 Å². The number of imidazole rings is 1. The molecular weight excluding hydrogens is 238 g/mol. The summed E-state index contributed by atoms with van der Waals surface area (Å²) in [6.45, 7) is 6.56. The van der Waals surface area contributed by atoms with Gasteiger partial charge in [0.25, 0.3) is 0 Å². The van der Waals surface area contributed by atoms with Crippen LogP contribution < -0.4 is 5.69 Å². The maximum Gasteiger partial charge on any atom is 0.326 e. The number of aromatic nitrogens is 2. The van der Waals surface area contributed by atoms with Crippen molar-refractivity contribution in [1.29, 1.82) is 0 Å². The number of fused-ring (bicyclic) bond motifs is 1. The van der Waals surface area contributed by atoms with Gasteiger partial charge in [-0.05, 0) is 45.4 Å². The first-order chi connectivity index (χ1) is 9.16. The van der Waals surface area contributed by atoms with E-state index in [0.717, 1.165) is 37.0 Å². The predicted molar refractivity (Wildman–Crippen MR) is 77.5 cm³/mol. The fraction of sp³-hybridized carbons (Fsp3) is 0.533. The number of para-hydroxylation sites is 2. The first-order valence-electron chi connectivity index (χ1n) is 7.10. The van der Waals surface area contributed by atoms with Gasteiger partial charge in [0.15, 0.2) is 0 Å². The minimum absolute atomic E-state index is 0.0248. The Kier molecular flexibility index (Phi) is 3.19. The Morgan fingerprint density at radius 1 is 1.32 bits per heavy atom. The smallest absolute Gasteiger partial charge is 0.306 e. The topological polar surface area (TPSA) is 41.0 Å². The number of hydrogen-bond donors (Lipinski definition) is 1. The fourth-order valence-corrected chi connectivity index (χ4v) is 3.10. The van der Waals surface area contributed by atoms with Crippen LogP contribution in [0.1, 0.15) is 32.7 Å². The van der Waals surface area contributed by atoms with Crippen LogP contribution in [0.4, 0.5) is 0 Å². The highest BCUT2D eigenvalue weighted by Crippen LogP contribution is 2.24. The van der Waals surface area contributed by atoms with Crippen molar-refractivity contribution in [3.63, 3.8) is 0 Å². The number of nitrogens with one attached hydrogen (secondary N) is 1. The summed E-state index contributed by atoms with van der Waals surface area (Å²) in [5, 5.41) is 0. The summed E-state index contributed by atoms with van der Waals surface area (Å²) in [7, 11) is 0. The number of rotatable bonds is 2. The Morgan fingerprint density at radius 3 is 2.89 bits per heavy atom. The highest BCUT2D eigenvalue weighted by Gasteiger charge is 2.25. The minimum atomic E-state index is 0.0248. The van der Waals surface area contributed by atoms with Gasteiger partial charge in [-0.25, -0.2) is 4.79 Å². The summed E-state index contributed by atoms with van der Waals surface area (Å²) in [6.07, 6.45) is 2.25. The number of piperidine rings is 1. The summed E-state index contributed by atoms with van der Waals surface area (Å²) in [6, 6.07) is 8.79. The summed E-state index contributed by atoms with van der Waals surface area (Å²) >= 11 is 0. The Hall–Kier alpha value is -1.55. The van der Waals surface area contributed by atoms with Gasteiger partial charge in [-0.3, -0.25) is 9.47 Å². The molecule has 1 aliphatic heterocycles. The number of nitrogens with zero attached hydrogens (tertiary/aromatic N) is 2. The molecule has 0 spiro atoms. The molecule has 4 nitrogen and oxygen atoms in total. The molecule has 2 heterocycles. The molecule has 1 atom stereocenters. The van der Waals surface area contributed by atoms with E-state index in [4.69, 9.17) is 0 Å². The molecule has 4 heteroatoms. The zero-order valence-corrected chi connectivity index (χ0v) is 11.6. The Bertz CT molecular complexity index is 626. The van der Waals surface area contributed by atoms with Gasteiger partial charge >= 0.3 is 5.69 Å². The highest BCUT2D eigenvalue weighted by molar-refractivity contribution is 5.75. The zero-order chi connectivity index (χ0) is 13.4. The first-order valence-corrected chi connectivity index (χ1v) is 7.10. The molecule has 1 aliphatic rings. The van der Waals surface area contributed by atoms with Crippen molar-refractivity contribution in [3.8, 4) is 0 Å². The maximum atomic E-state index is 12.2. The molecule has 1 aromatic heterocycles. The molecule has 102 valence electrons. The standard InChI is InChI=1S/C15H21N3O/c1-11(2)17-9-5-6-12(10-17)18-14-8-4-3-7-13(14)16-15(18)19/h3-4,7-8,11-12H,5-6,9-10H2,1-2H3,(H,16,19). The summed E-state index contributed by atoms with van der Waals surface area (Å²) < 4.78 is 1.95. The van der Waals surface area contributed by atoms with E-state index in [2.05, 4.69) is 23.7 Å². The molecule has 3 rings (SSSR count). The zero-order valence-electron chi connectivity index (χ0n) is 11.6. The molecule has 1 unspecified atom stereocenters. The van der Waals surface area contributed by atoms with Crippen molar-refractivity contribution in [2.45, 2.75) is 38.8 Å². The van der Waals surface area contributed by atoms with Crippen LogP contribution in [0.2, 0.25) is 0 Å². The Morgan fingerprint density at radius 2 is 2.11 bits per heavy atom. The van der Waals surface area contributed by atoms with Crippen molar-refractivity contribution in [2.75, 3.05) is 13.1 Å². The number of benzene rings is 1. The molecule has 1 N–H and O–H groups in total. The third-order valence-electron chi connectivity index (χ3n) is 4.15. The SMILES string of the molecule is CC(C)N1CCCC(n2c(=O)[nH]c3ccccc32)C1. The van der Waals surface area contributed by atoms with Gasteiger partial charge in [0.05, 0.1) is 17.1 Å². The van der Waals surface area contributed by atoms with Crippen LogP contribution in [-0.4, -0.2) is 33.6 Å². The lowest BCUT2D eigenvalue weighted by Gasteiger charge is -2.35.